The normalized spacial score (nSPS) is 35.8. The van der Waals surface area contributed by atoms with Crippen LogP contribution in [0.25, 0.3) is 0 Å². The minimum absolute atomic E-state index is 0.168. The van der Waals surface area contributed by atoms with Crippen molar-refractivity contribution in [2.45, 2.75) is 51.9 Å². The third-order valence-corrected chi connectivity index (χ3v) is 3.53. The molecule has 0 amide bonds. The molecular formula is C9H20N2O. The van der Waals surface area contributed by atoms with Crippen molar-refractivity contribution in [3.63, 3.8) is 0 Å². The molecule has 1 N–H and O–H groups in total. The Morgan fingerprint density at radius 3 is 1.67 bits per heavy atom. The van der Waals surface area contributed by atoms with E-state index in [0.717, 1.165) is 0 Å². The molecule has 0 aromatic heterocycles. The number of rotatable bonds is 0. The average Bonchev–Trinajstić information content (AvgIpc) is 2.06. The fourth-order valence-electron chi connectivity index (χ4n) is 1.98. The highest BCUT2D eigenvalue weighted by Crippen LogP contribution is 2.38. The highest BCUT2D eigenvalue weighted by atomic mass is 16.5. The summed E-state index contributed by atoms with van der Waals surface area (Å²) in [5.41, 5.74) is -0.429. The minimum atomic E-state index is -0.261. The molecule has 0 bridgehead atoms. The third kappa shape index (κ3) is 1.00. The smallest absolute Gasteiger partial charge is 0.0925 e. The van der Waals surface area contributed by atoms with Gasteiger partial charge in [-0.3, -0.25) is 4.90 Å². The largest absolute Gasteiger partial charge is 0.312 e. The van der Waals surface area contributed by atoms with Crippen LogP contribution in [0, 0.1) is 0 Å². The van der Waals surface area contributed by atoms with Gasteiger partial charge in [0.05, 0.1) is 11.2 Å². The van der Waals surface area contributed by atoms with Gasteiger partial charge in [0.1, 0.15) is 0 Å². The van der Waals surface area contributed by atoms with E-state index >= 15 is 0 Å². The molecule has 1 aliphatic heterocycles. The molecule has 0 aromatic rings. The highest BCUT2D eigenvalue weighted by Gasteiger charge is 2.52. The Morgan fingerprint density at radius 2 is 1.58 bits per heavy atom. The Bertz CT molecular complexity index is 169. The van der Waals surface area contributed by atoms with Gasteiger partial charge >= 0.3 is 0 Å². The van der Waals surface area contributed by atoms with Crippen molar-refractivity contribution in [2.24, 2.45) is 0 Å². The van der Waals surface area contributed by atoms with Crippen molar-refractivity contribution in [3.8, 4) is 0 Å². The molecule has 1 saturated heterocycles. The van der Waals surface area contributed by atoms with Gasteiger partial charge in [-0.25, -0.2) is 0 Å². The summed E-state index contributed by atoms with van der Waals surface area (Å²) in [5, 5.41) is 11.4. The van der Waals surface area contributed by atoms with E-state index in [-0.39, 0.29) is 11.2 Å². The van der Waals surface area contributed by atoms with Crippen molar-refractivity contribution >= 4 is 0 Å². The van der Waals surface area contributed by atoms with Crippen LogP contribution in [0.15, 0.2) is 0 Å². The van der Waals surface area contributed by atoms with Crippen molar-refractivity contribution in [1.82, 2.24) is 9.96 Å². The molecule has 1 atom stereocenters. The van der Waals surface area contributed by atoms with Crippen molar-refractivity contribution in [2.75, 3.05) is 7.05 Å². The molecule has 0 aliphatic carbocycles. The zero-order chi connectivity index (χ0) is 9.73. The van der Waals surface area contributed by atoms with E-state index in [1.165, 1.54) is 5.06 Å². The molecule has 1 fully saturated rings. The van der Waals surface area contributed by atoms with Crippen LogP contribution in [-0.4, -0.2) is 39.5 Å². The van der Waals surface area contributed by atoms with Crippen LogP contribution in [0.1, 0.15) is 34.6 Å². The van der Waals surface area contributed by atoms with Crippen molar-refractivity contribution in [1.29, 1.82) is 0 Å². The first-order chi connectivity index (χ1) is 5.22. The van der Waals surface area contributed by atoms with Crippen LogP contribution in [-0.2, 0) is 0 Å². The van der Waals surface area contributed by atoms with E-state index < -0.39 is 0 Å². The van der Waals surface area contributed by atoms with E-state index in [9.17, 15) is 5.21 Å². The van der Waals surface area contributed by atoms with E-state index in [2.05, 4.69) is 25.7 Å². The van der Waals surface area contributed by atoms with Gasteiger partial charge in [0.15, 0.2) is 0 Å². The van der Waals surface area contributed by atoms with Crippen LogP contribution >= 0.6 is 0 Å². The highest BCUT2D eigenvalue weighted by molar-refractivity contribution is 5.02. The Labute approximate surface area is 74.9 Å². The molecular weight excluding hydrogens is 152 g/mol. The quantitative estimate of drug-likeness (QED) is 0.600. The molecule has 1 heterocycles. The lowest BCUT2D eigenvalue weighted by Crippen LogP contribution is -2.49. The summed E-state index contributed by atoms with van der Waals surface area (Å²) in [4.78, 5) is 2.19. The predicted molar refractivity (Wildman–Crippen MR) is 49.0 cm³/mol. The molecule has 12 heavy (non-hydrogen) atoms. The number of hydrogen-bond donors (Lipinski definition) is 1. The Hall–Kier alpha value is -0.120. The second kappa shape index (κ2) is 2.44. The SMILES string of the molecule is C[C@H]1N(C)C(C)(C)N(O)C1(C)C. The average molecular weight is 172 g/mol. The van der Waals surface area contributed by atoms with Gasteiger partial charge in [-0.1, -0.05) is 0 Å². The standard InChI is InChI=1S/C9H20N2O/c1-7-8(2,3)11(12)9(4,5)10(7)6/h7,12H,1-6H3/t7-/m1/s1. The summed E-state index contributed by atoms with van der Waals surface area (Å²) in [6.07, 6.45) is 0. The summed E-state index contributed by atoms with van der Waals surface area (Å²) >= 11 is 0. The van der Waals surface area contributed by atoms with Crippen molar-refractivity contribution in [3.05, 3.63) is 0 Å². The second-order valence-electron chi connectivity index (χ2n) is 4.75. The number of hydroxylamine groups is 2. The monoisotopic (exact) mass is 172 g/mol. The van der Waals surface area contributed by atoms with Gasteiger partial charge in [0.25, 0.3) is 0 Å². The zero-order valence-electron chi connectivity index (χ0n) is 8.92. The Kier molecular flexibility index (Phi) is 2.02. The predicted octanol–water partition coefficient (Wildman–Crippen LogP) is 1.53. The van der Waals surface area contributed by atoms with Crippen LogP contribution < -0.4 is 0 Å². The summed E-state index contributed by atoms with van der Waals surface area (Å²) < 4.78 is 0. The van der Waals surface area contributed by atoms with Crippen LogP contribution in [0.3, 0.4) is 0 Å². The van der Waals surface area contributed by atoms with E-state index in [1.807, 2.05) is 20.9 Å². The van der Waals surface area contributed by atoms with Gasteiger partial charge in [-0.15, -0.1) is 0 Å². The lowest BCUT2D eigenvalue weighted by atomic mass is 9.98. The second-order valence-corrected chi connectivity index (χ2v) is 4.75. The summed E-state index contributed by atoms with van der Waals surface area (Å²) in [7, 11) is 2.04. The molecule has 0 aromatic carbocycles. The first-order valence-corrected chi connectivity index (χ1v) is 4.44. The van der Waals surface area contributed by atoms with Gasteiger partial charge < -0.3 is 5.21 Å². The molecule has 0 saturated carbocycles. The van der Waals surface area contributed by atoms with E-state index in [1.54, 1.807) is 0 Å². The van der Waals surface area contributed by atoms with Gasteiger partial charge in [-0.05, 0) is 41.7 Å². The molecule has 3 heteroatoms. The van der Waals surface area contributed by atoms with Crippen molar-refractivity contribution < 1.29 is 5.21 Å². The maximum absolute atomic E-state index is 9.92. The topological polar surface area (TPSA) is 26.7 Å². The number of likely N-dealkylation sites (N-methyl/N-ethyl adjacent to an activating group) is 1. The maximum Gasteiger partial charge on any atom is 0.0925 e. The first kappa shape index (κ1) is 9.96. The maximum atomic E-state index is 9.92. The fraction of sp³-hybridized carbons (Fsp3) is 1.00. The molecule has 1 rings (SSSR count). The minimum Gasteiger partial charge on any atom is -0.312 e. The van der Waals surface area contributed by atoms with Gasteiger partial charge in [0.2, 0.25) is 0 Å². The summed E-state index contributed by atoms with van der Waals surface area (Å²) in [5.74, 6) is 0. The van der Waals surface area contributed by atoms with E-state index in [4.69, 9.17) is 0 Å². The Balaban J connectivity index is 3.03. The molecule has 0 radical (unpaired) electrons. The van der Waals surface area contributed by atoms with Crippen LogP contribution in [0.2, 0.25) is 0 Å². The van der Waals surface area contributed by atoms with Gasteiger partial charge in [0, 0.05) is 6.04 Å². The summed E-state index contributed by atoms with van der Waals surface area (Å²) in [6.45, 7) is 10.3. The van der Waals surface area contributed by atoms with Crippen LogP contribution in [0.5, 0.6) is 0 Å². The lowest BCUT2D eigenvalue weighted by Gasteiger charge is -2.35. The molecule has 3 nitrogen and oxygen atoms in total. The molecule has 72 valence electrons. The summed E-state index contributed by atoms with van der Waals surface area (Å²) in [6, 6.07) is 0.359. The molecule has 0 unspecified atom stereocenters. The Morgan fingerprint density at radius 1 is 1.17 bits per heavy atom. The first-order valence-electron chi connectivity index (χ1n) is 4.44. The lowest BCUT2D eigenvalue weighted by molar-refractivity contribution is -0.208. The number of hydrogen-bond acceptors (Lipinski definition) is 3. The van der Waals surface area contributed by atoms with E-state index in [0.29, 0.717) is 6.04 Å². The third-order valence-electron chi connectivity index (χ3n) is 3.53. The van der Waals surface area contributed by atoms with Crippen LogP contribution in [0.4, 0.5) is 0 Å². The fourth-order valence-corrected chi connectivity index (χ4v) is 1.98. The molecule has 0 spiro atoms. The zero-order valence-corrected chi connectivity index (χ0v) is 8.92. The molecule has 1 aliphatic rings. The van der Waals surface area contributed by atoms with Gasteiger partial charge in [-0.2, -0.15) is 5.06 Å². The number of nitrogens with zero attached hydrogens (tertiary/aromatic N) is 2.